The fraction of sp³-hybridized carbons (Fsp3) is 0.630. The van der Waals surface area contributed by atoms with Crippen molar-refractivity contribution in [2.45, 2.75) is 82.7 Å². The monoisotopic (exact) mass is 479 g/mol. The van der Waals surface area contributed by atoms with E-state index in [1.165, 1.54) is 32.1 Å². The smallest absolute Gasteiger partial charge is 0.408 e. The molecule has 2 aliphatic rings. The highest BCUT2D eigenvalue weighted by Crippen LogP contribution is 2.29. The first-order valence-electron chi connectivity index (χ1n) is 13.1. The van der Waals surface area contributed by atoms with Crippen molar-refractivity contribution in [1.82, 2.24) is 15.2 Å². The van der Waals surface area contributed by atoms with Crippen LogP contribution in [0, 0.1) is 17.2 Å². The molecule has 1 atom stereocenters. The van der Waals surface area contributed by atoms with Gasteiger partial charge < -0.3 is 20.0 Å². The van der Waals surface area contributed by atoms with Crippen LogP contribution in [0.1, 0.15) is 71.1 Å². The van der Waals surface area contributed by atoms with Gasteiger partial charge in [-0.05, 0) is 56.7 Å². The number of aromatic nitrogens is 1. The molecule has 2 fully saturated rings. The zero-order chi connectivity index (χ0) is 24.7. The average Bonchev–Trinajstić information content (AvgIpc) is 2.88. The third kappa shape index (κ3) is 6.40. The molecule has 35 heavy (non-hydrogen) atoms. The summed E-state index contributed by atoms with van der Waals surface area (Å²) in [5.41, 5.74) is -0.435. The van der Waals surface area contributed by atoms with Crippen molar-refractivity contribution in [3.05, 3.63) is 34.8 Å². The molecule has 0 spiro atoms. The summed E-state index contributed by atoms with van der Waals surface area (Å²) < 4.78 is 5.23. The van der Waals surface area contributed by atoms with E-state index in [4.69, 9.17) is 4.42 Å². The van der Waals surface area contributed by atoms with Gasteiger partial charge >= 0.3 is 5.76 Å². The van der Waals surface area contributed by atoms with Gasteiger partial charge in [0.1, 0.15) is 23.0 Å². The van der Waals surface area contributed by atoms with Crippen molar-refractivity contribution in [3.8, 4) is 6.07 Å². The molecule has 1 saturated heterocycles. The van der Waals surface area contributed by atoms with E-state index in [1.807, 2.05) is 12.1 Å². The molecular formula is C27H37N5O3. The molecule has 0 bridgehead atoms. The molecule has 0 unspecified atom stereocenters. The number of fused-ring (bicyclic) bond motifs is 1. The van der Waals surface area contributed by atoms with Crippen LogP contribution >= 0.6 is 0 Å². The largest absolute Gasteiger partial charge is 0.441 e. The number of nitriles is 1. The van der Waals surface area contributed by atoms with E-state index in [2.05, 4.69) is 33.5 Å². The van der Waals surface area contributed by atoms with Crippen LogP contribution in [0.25, 0.3) is 11.0 Å². The predicted octanol–water partition coefficient (Wildman–Crippen LogP) is 4.21. The number of benzene rings is 1. The lowest BCUT2D eigenvalue weighted by atomic mass is 9.84. The van der Waals surface area contributed by atoms with Gasteiger partial charge in [0.05, 0.1) is 11.5 Å². The number of nitrogens with zero attached hydrogens (tertiary/aromatic N) is 3. The Morgan fingerprint density at radius 3 is 2.71 bits per heavy atom. The van der Waals surface area contributed by atoms with Gasteiger partial charge in [-0.25, -0.2) is 4.79 Å². The number of likely N-dealkylation sites (tertiary alicyclic amines) is 1. The number of piperidine rings is 1. The molecule has 8 nitrogen and oxygen atoms in total. The van der Waals surface area contributed by atoms with Crippen LogP contribution in [0.15, 0.2) is 33.5 Å². The molecule has 1 saturated carbocycles. The van der Waals surface area contributed by atoms with Crippen LogP contribution in [-0.4, -0.2) is 47.0 Å². The Kier molecular flexibility index (Phi) is 8.40. The summed E-state index contributed by atoms with van der Waals surface area (Å²) >= 11 is 0. The number of hydrogen-bond donors (Lipinski definition) is 2. The maximum absolute atomic E-state index is 13.6. The van der Waals surface area contributed by atoms with E-state index in [-0.39, 0.29) is 5.91 Å². The Hall–Kier alpha value is -2.92. The first kappa shape index (κ1) is 25.2. The number of carbonyl (C=O) groups excluding carboxylic acids is 1. The van der Waals surface area contributed by atoms with Crippen LogP contribution in [0.2, 0.25) is 0 Å². The first-order valence-corrected chi connectivity index (χ1v) is 13.1. The van der Waals surface area contributed by atoms with Crippen molar-refractivity contribution in [2.24, 2.45) is 5.92 Å². The average molecular weight is 480 g/mol. The summed E-state index contributed by atoms with van der Waals surface area (Å²) in [5.74, 6) is 0.0536. The van der Waals surface area contributed by atoms with Gasteiger partial charge in [-0.2, -0.15) is 10.2 Å². The fourth-order valence-electron chi connectivity index (χ4n) is 5.50. The molecule has 0 radical (unpaired) electrons. The molecule has 1 amide bonds. The summed E-state index contributed by atoms with van der Waals surface area (Å²) in [7, 11) is 0. The lowest BCUT2D eigenvalue weighted by Crippen LogP contribution is -2.57. The normalized spacial score (nSPS) is 19.7. The number of carbonyl (C=O) groups is 1. The molecular weight excluding hydrogens is 442 g/mol. The van der Waals surface area contributed by atoms with E-state index >= 15 is 0 Å². The molecule has 8 heteroatoms. The van der Waals surface area contributed by atoms with E-state index in [0.717, 1.165) is 32.5 Å². The SMILES string of the molecule is CCCN1CCC(C#N)(NC(=O)[C@H](CCC2CCCCC2)Nc2nc(=O)oc3ccccc23)CC1. The quantitative estimate of drug-likeness (QED) is 0.554. The van der Waals surface area contributed by atoms with Crippen LogP contribution in [0.5, 0.6) is 0 Å². The van der Waals surface area contributed by atoms with Crippen LogP contribution < -0.4 is 16.4 Å². The molecule has 2 N–H and O–H groups in total. The Morgan fingerprint density at radius 1 is 1.26 bits per heavy atom. The van der Waals surface area contributed by atoms with Crippen molar-refractivity contribution in [1.29, 1.82) is 5.26 Å². The maximum atomic E-state index is 13.6. The highest BCUT2D eigenvalue weighted by Gasteiger charge is 2.38. The second kappa shape index (κ2) is 11.7. The molecule has 1 aliphatic carbocycles. The number of para-hydroxylation sites is 1. The van der Waals surface area contributed by atoms with Crippen molar-refractivity contribution < 1.29 is 9.21 Å². The van der Waals surface area contributed by atoms with Crippen molar-refractivity contribution >= 4 is 22.7 Å². The number of hydrogen-bond acceptors (Lipinski definition) is 7. The molecule has 2 heterocycles. The van der Waals surface area contributed by atoms with Gasteiger partial charge in [0.25, 0.3) is 0 Å². The Balaban J connectivity index is 1.53. The second-order valence-electron chi connectivity index (χ2n) is 10.1. The van der Waals surface area contributed by atoms with E-state index in [1.54, 1.807) is 12.1 Å². The summed E-state index contributed by atoms with van der Waals surface area (Å²) in [6.07, 6.45) is 10.0. The highest BCUT2D eigenvalue weighted by atomic mass is 16.4. The summed E-state index contributed by atoms with van der Waals surface area (Å²) in [6, 6.07) is 9.00. The zero-order valence-corrected chi connectivity index (χ0v) is 20.7. The van der Waals surface area contributed by atoms with Gasteiger partial charge in [-0.3, -0.25) is 4.79 Å². The minimum absolute atomic E-state index is 0.203. The van der Waals surface area contributed by atoms with Gasteiger partial charge in [0.15, 0.2) is 0 Å². The minimum atomic E-state index is -0.864. The summed E-state index contributed by atoms with van der Waals surface area (Å²) in [4.78, 5) is 32.1. The standard InChI is InChI=1S/C27H37N5O3/c1-2-16-32-17-14-27(19-28,15-18-32)31-25(33)22(13-12-20-8-4-3-5-9-20)29-24-21-10-6-7-11-23(21)35-26(34)30-24/h6-7,10-11,20,22H,2-5,8-9,12-18H2,1H3,(H,31,33)(H,29,30,34)/t22-/m0/s1. The van der Waals surface area contributed by atoms with Gasteiger partial charge in [-0.15, -0.1) is 0 Å². The summed E-state index contributed by atoms with van der Waals surface area (Å²) in [5, 5.41) is 17.0. The Bertz CT molecular complexity index is 1090. The van der Waals surface area contributed by atoms with Crippen LogP contribution in [-0.2, 0) is 4.79 Å². The second-order valence-corrected chi connectivity index (χ2v) is 10.1. The fourth-order valence-corrected chi connectivity index (χ4v) is 5.50. The highest BCUT2D eigenvalue weighted by molar-refractivity contribution is 5.91. The Labute approximate surface area is 207 Å². The number of rotatable bonds is 9. The van der Waals surface area contributed by atoms with Crippen LogP contribution in [0.3, 0.4) is 0 Å². The number of nitrogens with one attached hydrogen (secondary N) is 2. The van der Waals surface area contributed by atoms with E-state index in [0.29, 0.717) is 42.0 Å². The maximum Gasteiger partial charge on any atom is 0.441 e. The van der Waals surface area contributed by atoms with Gasteiger partial charge in [0, 0.05) is 13.1 Å². The van der Waals surface area contributed by atoms with Crippen molar-refractivity contribution in [3.63, 3.8) is 0 Å². The molecule has 188 valence electrons. The molecule has 2 aromatic rings. The minimum Gasteiger partial charge on any atom is -0.408 e. The number of anilines is 1. The van der Waals surface area contributed by atoms with E-state index in [9.17, 15) is 14.9 Å². The van der Waals surface area contributed by atoms with Gasteiger partial charge in [0.2, 0.25) is 5.91 Å². The lowest BCUT2D eigenvalue weighted by Gasteiger charge is -2.38. The topological polar surface area (TPSA) is 111 Å². The predicted molar refractivity (Wildman–Crippen MR) is 136 cm³/mol. The third-order valence-electron chi connectivity index (χ3n) is 7.58. The number of amides is 1. The Morgan fingerprint density at radius 2 is 2.00 bits per heavy atom. The third-order valence-corrected chi connectivity index (χ3v) is 7.58. The van der Waals surface area contributed by atoms with Crippen LogP contribution in [0.4, 0.5) is 5.82 Å². The molecule has 1 aromatic carbocycles. The molecule has 4 rings (SSSR count). The molecule has 1 aromatic heterocycles. The van der Waals surface area contributed by atoms with E-state index < -0.39 is 17.3 Å². The zero-order valence-electron chi connectivity index (χ0n) is 20.7. The van der Waals surface area contributed by atoms with Gasteiger partial charge in [-0.1, -0.05) is 51.2 Å². The summed E-state index contributed by atoms with van der Waals surface area (Å²) in [6.45, 7) is 4.76. The van der Waals surface area contributed by atoms with Crippen molar-refractivity contribution in [2.75, 3.05) is 25.0 Å². The first-order chi connectivity index (χ1) is 17.0. The lowest BCUT2D eigenvalue weighted by molar-refractivity contribution is -0.123. The molecule has 1 aliphatic heterocycles.